The highest BCUT2D eigenvalue weighted by Gasteiger charge is 2.06. The van der Waals surface area contributed by atoms with Crippen molar-refractivity contribution in [1.29, 1.82) is 0 Å². The Hall–Kier alpha value is -0.960. The van der Waals surface area contributed by atoms with Crippen LogP contribution in [-0.4, -0.2) is 6.61 Å². The maximum Gasteiger partial charge on any atom is 0.169 e. The normalized spacial score (nSPS) is 14.1. The molecule has 0 aliphatic carbocycles. The second-order valence-electron chi connectivity index (χ2n) is 2.39. The summed E-state index contributed by atoms with van der Waals surface area (Å²) in [5, 5.41) is 0. The average Bonchev–Trinajstić information content (AvgIpc) is 2.28. The molecule has 12 heavy (non-hydrogen) atoms. The number of ether oxygens (including phenoxy) is 2. The van der Waals surface area contributed by atoms with Crippen LogP contribution in [0.4, 0.5) is 0 Å². The first-order chi connectivity index (χ1) is 5.86. The highest BCUT2D eigenvalue weighted by Crippen LogP contribution is 2.31. The first kappa shape index (κ1) is 7.68. The lowest BCUT2D eigenvalue weighted by Gasteiger charge is -2.05. The highest BCUT2D eigenvalue weighted by atomic mass is 79.9. The fraction of sp³-hybridized carbons (Fsp3) is 0.111. The molecule has 3 heteroatoms. The van der Waals surface area contributed by atoms with Crippen molar-refractivity contribution in [2.24, 2.45) is 0 Å². The van der Waals surface area contributed by atoms with Crippen LogP contribution >= 0.6 is 15.9 Å². The topological polar surface area (TPSA) is 18.5 Å². The van der Waals surface area contributed by atoms with Crippen molar-refractivity contribution in [1.82, 2.24) is 0 Å². The van der Waals surface area contributed by atoms with Crippen molar-refractivity contribution in [3.8, 4) is 11.5 Å². The van der Waals surface area contributed by atoms with Gasteiger partial charge < -0.3 is 9.47 Å². The molecular formula is C9H7BrO2. The van der Waals surface area contributed by atoms with Crippen LogP contribution in [0, 0.1) is 0 Å². The minimum Gasteiger partial charge on any atom is -0.485 e. The van der Waals surface area contributed by atoms with Gasteiger partial charge in [-0.3, -0.25) is 0 Å². The third kappa shape index (κ3) is 1.46. The Balaban J connectivity index is 2.42. The van der Waals surface area contributed by atoms with Crippen molar-refractivity contribution in [2.45, 2.75) is 0 Å². The molecule has 0 bridgehead atoms. The van der Waals surface area contributed by atoms with Gasteiger partial charge in [0.1, 0.15) is 6.61 Å². The number of fused-ring (bicyclic) bond motifs is 1. The van der Waals surface area contributed by atoms with Crippen LogP contribution in [0.5, 0.6) is 11.5 Å². The SMILES string of the molecule is Brc1ccc2c(c1)OC=CCO2. The molecule has 1 aliphatic heterocycles. The fourth-order valence-corrected chi connectivity index (χ4v) is 1.33. The van der Waals surface area contributed by atoms with Gasteiger partial charge in [0.05, 0.1) is 6.26 Å². The molecular weight excluding hydrogens is 220 g/mol. The third-order valence-electron chi connectivity index (χ3n) is 1.53. The Kier molecular flexibility index (Phi) is 2.04. The van der Waals surface area contributed by atoms with Gasteiger partial charge in [-0.15, -0.1) is 0 Å². The predicted molar refractivity (Wildman–Crippen MR) is 49.4 cm³/mol. The zero-order chi connectivity index (χ0) is 8.39. The standard InChI is InChI=1S/C9H7BrO2/c10-7-2-3-8-9(6-7)12-5-1-4-11-8/h1-3,5-6H,4H2. The molecule has 0 spiro atoms. The van der Waals surface area contributed by atoms with Gasteiger partial charge >= 0.3 is 0 Å². The summed E-state index contributed by atoms with van der Waals surface area (Å²) in [7, 11) is 0. The zero-order valence-corrected chi connectivity index (χ0v) is 7.87. The molecule has 1 heterocycles. The number of halogens is 1. The van der Waals surface area contributed by atoms with Crippen LogP contribution in [0.15, 0.2) is 35.0 Å². The Morgan fingerprint density at radius 2 is 2.17 bits per heavy atom. The predicted octanol–water partition coefficient (Wildman–Crippen LogP) is 2.73. The van der Waals surface area contributed by atoms with Gasteiger partial charge in [-0.1, -0.05) is 15.9 Å². The van der Waals surface area contributed by atoms with Gasteiger partial charge in [0.25, 0.3) is 0 Å². The summed E-state index contributed by atoms with van der Waals surface area (Å²) in [6, 6.07) is 5.69. The van der Waals surface area contributed by atoms with Crippen molar-refractivity contribution in [3.05, 3.63) is 35.0 Å². The maximum atomic E-state index is 5.37. The number of rotatable bonds is 0. The van der Waals surface area contributed by atoms with Gasteiger partial charge in [0.15, 0.2) is 11.5 Å². The highest BCUT2D eigenvalue weighted by molar-refractivity contribution is 9.10. The van der Waals surface area contributed by atoms with Crippen LogP contribution in [0.3, 0.4) is 0 Å². The molecule has 0 atom stereocenters. The van der Waals surface area contributed by atoms with E-state index < -0.39 is 0 Å². The third-order valence-corrected chi connectivity index (χ3v) is 2.03. The molecule has 0 radical (unpaired) electrons. The molecule has 0 saturated heterocycles. The van der Waals surface area contributed by atoms with E-state index in [4.69, 9.17) is 9.47 Å². The summed E-state index contributed by atoms with van der Waals surface area (Å²) in [5.41, 5.74) is 0. The van der Waals surface area contributed by atoms with Crippen molar-refractivity contribution < 1.29 is 9.47 Å². The summed E-state index contributed by atoms with van der Waals surface area (Å²) in [6.45, 7) is 0.564. The van der Waals surface area contributed by atoms with E-state index in [1.54, 1.807) is 6.26 Å². The van der Waals surface area contributed by atoms with Crippen molar-refractivity contribution >= 4 is 15.9 Å². The molecule has 0 unspecified atom stereocenters. The minimum absolute atomic E-state index is 0.564. The monoisotopic (exact) mass is 226 g/mol. The Morgan fingerprint density at radius 3 is 3.08 bits per heavy atom. The molecule has 2 rings (SSSR count). The zero-order valence-electron chi connectivity index (χ0n) is 6.29. The summed E-state index contributed by atoms with van der Waals surface area (Å²) in [5.74, 6) is 1.53. The van der Waals surface area contributed by atoms with E-state index >= 15 is 0 Å². The maximum absolute atomic E-state index is 5.37. The lowest BCUT2D eigenvalue weighted by Crippen LogP contribution is -1.91. The lowest BCUT2D eigenvalue weighted by molar-refractivity contribution is 0.356. The molecule has 0 amide bonds. The van der Waals surface area contributed by atoms with E-state index in [-0.39, 0.29) is 0 Å². The van der Waals surface area contributed by atoms with Crippen molar-refractivity contribution in [3.63, 3.8) is 0 Å². The van der Waals surface area contributed by atoms with Gasteiger partial charge in [0.2, 0.25) is 0 Å². The first-order valence-electron chi connectivity index (χ1n) is 3.60. The summed E-state index contributed by atoms with van der Waals surface area (Å²) in [4.78, 5) is 0. The summed E-state index contributed by atoms with van der Waals surface area (Å²) < 4.78 is 11.7. The van der Waals surface area contributed by atoms with Crippen molar-refractivity contribution in [2.75, 3.05) is 6.61 Å². The van der Waals surface area contributed by atoms with E-state index in [9.17, 15) is 0 Å². The summed E-state index contributed by atoms with van der Waals surface area (Å²) in [6.07, 6.45) is 3.46. The molecule has 1 aliphatic rings. The number of benzene rings is 1. The second kappa shape index (κ2) is 3.19. The number of hydrogen-bond donors (Lipinski definition) is 0. The largest absolute Gasteiger partial charge is 0.485 e. The van der Waals surface area contributed by atoms with E-state index in [1.807, 2.05) is 24.3 Å². The van der Waals surface area contributed by atoms with Crippen LogP contribution < -0.4 is 9.47 Å². The molecule has 0 N–H and O–H groups in total. The quantitative estimate of drug-likeness (QED) is 0.678. The fourth-order valence-electron chi connectivity index (χ4n) is 0.992. The van der Waals surface area contributed by atoms with E-state index in [1.165, 1.54) is 0 Å². The molecule has 2 nitrogen and oxygen atoms in total. The van der Waals surface area contributed by atoms with Crippen LogP contribution in [0.2, 0.25) is 0 Å². The van der Waals surface area contributed by atoms with E-state index in [0.29, 0.717) is 6.61 Å². The van der Waals surface area contributed by atoms with E-state index in [0.717, 1.165) is 16.0 Å². The average molecular weight is 227 g/mol. The molecule has 1 aromatic carbocycles. The Morgan fingerprint density at radius 1 is 1.25 bits per heavy atom. The van der Waals surface area contributed by atoms with Crippen LogP contribution in [-0.2, 0) is 0 Å². The molecule has 1 aromatic rings. The van der Waals surface area contributed by atoms with Gasteiger partial charge in [-0.2, -0.15) is 0 Å². The van der Waals surface area contributed by atoms with E-state index in [2.05, 4.69) is 15.9 Å². The van der Waals surface area contributed by atoms with Crippen LogP contribution in [0.1, 0.15) is 0 Å². The first-order valence-corrected chi connectivity index (χ1v) is 4.39. The minimum atomic E-state index is 0.564. The Labute approximate surface area is 78.9 Å². The van der Waals surface area contributed by atoms with Gasteiger partial charge in [-0.25, -0.2) is 0 Å². The lowest BCUT2D eigenvalue weighted by atomic mass is 10.3. The smallest absolute Gasteiger partial charge is 0.169 e. The summed E-state index contributed by atoms with van der Waals surface area (Å²) >= 11 is 3.36. The second-order valence-corrected chi connectivity index (χ2v) is 3.31. The Bertz CT molecular complexity index is 320. The molecule has 0 fully saturated rings. The molecule has 0 aromatic heterocycles. The number of hydrogen-bond acceptors (Lipinski definition) is 2. The van der Waals surface area contributed by atoms with Crippen LogP contribution in [0.25, 0.3) is 0 Å². The van der Waals surface area contributed by atoms with Gasteiger partial charge in [-0.05, 0) is 24.3 Å². The van der Waals surface area contributed by atoms with Gasteiger partial charge in [0, 0.05) is 4.47 Å². The molecule has 62 valence electrons. The molecule has 0 saturated carbocycles.